The molecule has 1 N–H and O–H groups in total. The van der Waals surface area contributed by atoms with Gasteiger partial charge in [-0.25, -0.2) is 4.21 Å². The van der Waals surface area contributed by atoms with Gasteiger partial charge in [0.1, 0.15) is 0 Å². The number of aromatic nitrogens is 2. The van der Waals surface area contributed by atoms with Gasteiger partial charge in [0.15, 0.2) is 11.0 Å². The third-order valence-electron chi connectivity index (χ3n) is 4.37. The van der Waals surface area contributed by atoms with E-state index in [0.717, 1.165) is 30.8 Å². The molecule has 0 saturated heterocycles. The number of hydrogen-bond acceptors (Lipinski definition) is 3. The highest BCUT2D eigenvalue weighted by atomic mass is 32.2. The summed E-state index contributed by atoms with van der Waals surface area (Å²) in [6.07, 6.45) is 5.63. The minimum absolute atomic E-state index is 0.663. The van der Waals surface area contributed by atoms with Crippen LogP contribution in [0.3, 0.4) is 0 Å². The molecule has 5 nitrogen and oxygen atoms in total. The van der Waals surface area contributed by atoms with Gasteiger partial charge in [-0.05, 0) is 42.7 Å². The van der Waals surface area contributed by atoms with Crippen LogP contribution < -0.4 is 9.62 Å². The Bertz CT molecular complexity index is 921. The van der Waals surface area contributed by atoms with Gasteiger partial charge in [0.2, 0.25) is 0 Å². The van der Waals surface area contributed by atoms with Crippen molar-refractivity contribution in [2.75, 3.05) is 16.2 Å². The Hall–Kier alpha value is -2.60. The monoisotopic (exact) mass is 352 g/mol. The Labute approximate surface area is 149 Å². The summed E-state index contributed by atoms with van der Waals surface area (Å²) in [5.74, 6) is 0. The molecule has 0 fully saturated rings. The van der Waals surface area contributed by atoms with Crippen LogP contribution in [0.4, 0.5) is 17.1 Å². The zero-order valence-corrected chi connectivity index (χ0v) is 14.9. The molecule has 0 aliphatic carbocycles. The Morgan fingerprint density at radius 3 is 2.88 bits per heavy atom. The van der Waals surface area contributed by atoms with E-state index in [1.165, 1.54) is 11.3 Å². The van der Waals surface area contributed by atoms with Crippen LogP contribution in [-0.2, 0) is 24.5 Å². The Morgan fingerprint density at radius 1 is 1.16 bits per heavy atom. The maximum absolute atomic E-state index is 12.4. The van der Waals surface area contributed by atoms with Crippen molar-refractivity contribution < 1.29 is 4.21 Å². The maximum Gasteiger partial charge on any atom is 0.153 e. The second-order valence-corrected chi connectivity index (χ2v) is 7.37. The van der Waals surface area contributed by atoms with Gasteiger partial charge < -0.3 is 9.62 Å². The SMILES string of the molecule is Cn1cc(S(=O)Nc2cccc(N3CCCc4ccccc43)c2)cn1. The average Bonchev–Trinajstić information content (AvgIpc) is 3.08. The predicted octanol–water partition coefficient (Wildman–Crippen LogP) is 3.64. The summed E-state index contributed by atoms with van der Waals surface area (Å²) in [7, 11) is 0.491. The first-order valence-corrected chi connectivity index (χ1v) is 9.48. The van der Waals surface area contributed by atoms with Crippen LogP contribution in [0.15, 0.2) is 65.8 Å². The first-order chi connectivity index (χ1) is 12.2. The Morgan fingerprint density at radius 2 is 2.04 bits per heavy atom. The topological polar surface area (TPSA) is 50.2 Å². The molecular formula is C19H20N4OS. The fourth-order valence-electron chi connectivity index (χ4n) is 3.20. The van der Waals surface area contributed by atoms with Gasteiger partial charge in [0.25, 0.3) is 0 Å². The first-order valence-electron chi connectivity index (χ1n) is 8.33. The van der Waals surface area contributed by atoms with Gasteiger partial charge in [-0.15, -0.1) is 0 Å². The number of para-hydroxylation sites is 1. The van der Waals surface area contributed by atoms with E-state index in [1.54, 1.807) is 17.1 Å². The minimum atomic E-state index is -1.32. The average molecular weight is 352 g/mol. The van der Waals surface area contributed by atoms with Gasteiger partial charge in [0, 0.05) is 36.9 Å². The molecule has 25 heavy (non-hydrogen) atoms. The largest absolute Gasteiger partial charge is 0.341 e. The summed E-state index contributed by atoms with van der Waals surface area (Å²) in [6.45, 7) is 0.992. The molecule has 0 spiro atoms. The predicted molar refractivity (Wildman–Crippen MR) is 101 cm³/mol. The van der Waals surface area contributed by atoms with E-state index in [0.29, 0.717) is 4.90 Å². The minimum Gasteiger partial charge on any atom is -0.341 e. The smallest absolute Gasteiger partial charge is 0.153 e. The zero-order chi connectivity index (χ0) is 17.2. The lowest BCUT2D eigenvalue weighted by Gasteiger charge is -2.31. The summed E-state index contributed by atoms with van der Waals surface area (Å²) < 4.78 is 17.2. The van der Waals surface area contributed by atoms with E-state index in [-0.39, 0.29) is 0 Å². The third-order valence-corrected chi connectivity index (χ3v) is 5.43. The molecule has 1 aliphatic rings. The van der Waals surface area contributed by atoms with E-state index in [2.05, 4.69) is 51.1 Å². The highest BCUT2D eigenvalue weighted by Gasteiger charge is 2.18. The molecular weight excluding hydrogens is 332 g/mol. The van der Waals surface area contributed by atoms with Crippen LogP contribution in [-0.4, -0.2) is 20.5 Å². The van der Waals surface area contributed by atoms with Crippen molar-refractivity contribution in [1.29, 1.82) is 0 Å². The molecule has 0 bridgehead atoms. The molecule has 128 valence electrons. The van der Waals surface area contributed by atoms with Crippen LogP contribution in [0.2, 0.25) is 0 Å². The van der Waals surface area contributed by atoms with E-state index >= 15 is 0 Å². The molecule has 3 aromatic rings. The number of rotatable bonds is 4. The second kappa shape index (κ2) is 6.72. The molecule has 2 aromatic carbocycles. The summed E-state index contributed by atoms with van der Waals surface area (Å²) in [6, 6.07) is 16.6. The van der Waals surface area contributed by atoms with Gasteiger partial charge in [-0.2, -0.15) is 5.10 Å². The normalized spacial score (nSPS) is 14.8. The molecule has 1 atom stereocenters. The van der Waals surface area contributed by atoms with Gasteiger partial charge in [-0.1, -0.05) is 24.3 Å². The lowest BCUT2D eigenvalue weighted by molar-refractivity contribution is 0.686. The van der Waals surface area contributed by atoms with E-state index in [1.807, 2.05) is 19.2 Å². The quantitative estimate of drug-likeness (QED) is 0.780. The van der Waals surface area contributed by atoms with E-state index in [9.17, 15) is 4.21 Å². The van der Waals surface area contributed by atoms with Crippen molar-refractivity contribution >= 4 is 28.0 Å². The number of hydrogen-bond donors (Lipinski definition) is 1. The molecule has 6 heteroatoms. The zero-order valence-electron chi connectivity index (χ0n) is 14.1. The molecule has 1 aromatic heterocycles. The van der Waals surface area contributed by atoms with Gasteiger partial charge in [-0.3, -0.25) is 4.68 Å². The van der Waals surface area contributed by atoms with Crippen LogP contribution in [0.5, 0.6) is 0 Å². The Balaban J connectivity index is 1.59. The molecule has 1 aliphatic heterocycles. The highest BCUT2D eigenvalue weighted by Crippen LogP contribution is 2.34. The fourth-order valence-corrected chi connectivity index (χ4v) is 4.05. The lowest BCUT2D eigenvalue weighted by atomic mass is 10.0. The maximum atomic E-state index is 12.4. The lowest BCUT2D eigenvalue weighted by Crippen LogP contribution is -2.24. The van der Waals surface area contributed by atoms with Crippen molar-refractivity contribution in [2.45, 2.75) is 17.7 Å². The third kappa shape index (κ3) is 3.30. The highest BCUT2D eigenvalue weighted by molar-refractivity contribution is 7.86. The van der Waals surface area contributed by atoms with Crippen molar-refractivity contribution in [3.63, 3.8) is 0 Å². The summed E-state index contributed by atoms with van der Waals surface area (Å²) in [5.41, 5.74) is 4.59. The summed E-state index contributed by atoms with van der Waals surface area (Å²) >= 11 is 0. The van der Waals surface area contributed by atoms with E-state index in [4.69, 9.17) is 0 Å². The van der Waals surface area contributed by atoms with Crippen molar-refractivity contribution in [1.82, 2.24) is 9.78 Å². The number of anilines is 3. The number of aryl methyl sites for hydroxylation is 2. The van der Waals surface area contributed by atoms with Gasteiger partial charge in [0.05, 0.1) is 11.1 Å². The summed E-state index contributed by atoms with van der Waals surface area (Å²) in [4.78, 5) is 2.99. The molecule has 2 heterocycles. The first kappa shape index (κ1) is 15.9. The van der Waals surface area contributed by atoms with Crippen LogP contribution in [0, 0.1) is 0 Å². The number of nitrogens with zero attached hydrogens (tertiary/aromatic N) is 3. The molecule has 0 amide bonds. The number of nitrogens with one attached hydrogen (secondary N) is 1. The summed E-state index contributed by atoms with van der Waals surface area (Å²) in [5, 5.41) is 4.07. The van der Waals surface area contributed by atoms with Gasteiger partial charge >= 0.3 is 0 Å². The van der Waals surface area contributed by atoms with Crippen molar-refractivity contribution in [2.24, 2.45) is 7.05 Å². The molecule has 0 radical (unpaired) electrons. The second-order valence-electron chi connectivity index (χ2n) is 6.15. The Kier molecular flexibility index (Phi) is 4.28. The fraction of sp³-hybridized carbons (Fsp3) is 0.211. The molecule has 4 rings (SSSR count). The van der Waals surface area contributed by atoms with Crippen LogP contribution in [0.1, 0.15) is 12.0 Å². The number of benzene rings is 2. The standard InChI is InChI=1S/C19H20N4OS/c1-22-14-18(13-20-22)25(24)21-16-8-4-9-17(12-16)23-11-5-7-15-6-2-3-10-19(15)23/h2-4,6,8-10,12-14,21H,5,7,11H2,1H3. The molecule has 0 saturated carbocycles. The van der Waals surface area contributed by atoms with E-state index < -0.39 is 11.0 Å². The van der Waals surface area contributed by atoms with Crippen LogP contribution in [0.25, 0.3) is 0 Å². The van der Waals surface area contributed by atoms with Crippen LogP contribution >= 0.6 is 0 Å². The number of fused-ring (bicyclic) bond motifs is 1. The van der Waals surface area contributed by atoms with Crippen molar-refractivity contribution in [3.05, 3.63) is 66.5 Å². The van der Waals surface area contributed by atoms with Crippen molar-refractivity contribution in [3.8, 4) is 0 Å². The molecule has 1 unspecified atom stereocenters.